The molecule has 1 N–H and O–H groups in total. The van der Waals surface area contributed by atoms with E-state index in [-0.39, 0.29) is 23.1 Å². The van der Waals surface area contributed by atoms with E-state index in [1.54, 1.807) is 53.9 Å². The maximum atomic E-state index is 14.0. The van der Waals surface area contributed by atoms with Gasteiger partial charge in [-0.05, 0) is 37.6 Å². The van der Waals surface area contributed by atoms with Gasteiger partial charge in [-0.15, -0.1) is 0 Å². The summed E-state index contributed by atoms with van der Waals surface area (Å²) in [6, 6.07) is 8.28. The minimum absolute atomic E-state index is 0.188. The van der Waals surface area contributed by atoms with Crippen LogP contribution in [0.5, 0.6) is 0 Å². The minimum Gasteiger partial charge on any atom is -0.308 e. The predicted molar refractivity (Wildman–Crippen MR) is 141 cm³/mol. The van der Waals surface area contributed by atoms with Gasteiger partial charge in [-0.25, -0.2) is 18.4 Å². The Labute approximate surface area is 226 Å². The molecule has 38 heavy (non-hydrogen) atoms. The summed E-state index contributed by atoms with van der Waals surface area (Å²) in [5, 5.41) is 16.9. The second kappa shape index (κ2) is 10.1. The summed E-state index contributed by atoms with van der Waals surface area (Å²) >= 11 is 12.3. The zero-order chi connectivity index (χ0) is 27.1. The Hall–Kier alpha value is -3.83. The van der Waals surface area contributed by atoms with Gasteiger partial charge >= 0.3 is 0 Å². The molecular formula is C25H22Cl2F2N8O. The lowest BCUT2D eigenvalue weighted by Gasteiger charge is -2.08. The SMILES string of the molecule is Cc1nn(CC(=O)Nc2cc(C)n(Cc3ccc(Cl)cc3Cl)n2)c2nc(-c3cnn(C)c3)cc(C(F)F)c12. The van der Waals surface area contributed by atoms with Crippen molar-refractivity contribution >= 4 is 46.0 Å². The molecular weight excluding hydrogens is 537 g/mol. The lowest BCUT2D eigenvalue weighted by atomic mass is 10.1. The number of anilines is 1. The van der Waals surface area contributed by atoms with Crippen molar-refractivity contribution in [2.45, 2.75) is 33.4 Å². The molecule has 5 rings (SSSR count). The highest BCUT2D eigenvalue weighted by molar-refractivity contribution is 6.35. The monoisotopic (exact) mass is 558 g/mol. The number of alkyl halides is 2. The minimum atomic E-state index is -2.75. The number of fused-ring (bicyclic) bond motifs is 1. The van der Waals surface area contributed by atoms with Crippen LogP contribution in [0.2, 0.25) is 10.0 Å². The molecule has 5 aromatic rings. The van der Waals surface area contributed by atoms with Crippen molar-refractivity contribution in [1.82, 2.24) is 34.3 Å². The van der Waals surface area contributed by atoms with Crippen LogP contribution >= 0.6 is 23.2 Å². The molecule has 0 unspecified atom stereocenters. The van der Waals surface area contributed by atoms with Crippen LogP contribution in [0.1, 0.15) is 28.9 Å². The molecule has 0 fully saturated rings. The molecule has 0 aliphatic carbocycles. The van der Waals surface area contributed by atoms with Crippen LogP contribution in [0.4, 0.5) is 14.6 Å². The summed E-state index contributed by atoms with van der Waals surface area (Å²) < 4.78 is 32.6. The number of nitrogens with one attached hydrogen (secondary N) is 1. The highest BCUT2D eigenvalue weighted by atomic mass is 35.5. The molecule has 0 aliphatic rings. The number of halogens is 4. The van der Waals surface area contributed by atoms with Gasteiger partial charge in [0.15, 0.2) is 11.5 Å². The number of nitrogens with zero attached hydrogens (tertiary/aromatic N) is 7. The zero-order valence-corrected chi connectivity index (χ0v) is 22.1. The van der Waals surface area contributed by atoms with Gasteiger partial charge in [0.1, 0.15) is 6.54 Å². The van der Waals surface area contributed by atoms with Crippen LogP contribution in [0, 0.1) is 13.8 Å². The van der Waals surface area contributed by atoms with Crippen molar-refractivity contribution in [1.29, 1.82) is 0 Å². The Morgan fingerprint density at radius 2 is 1.89 bits per heavy atom. The van der Waals surface area contributed by atoms with E-state index in [1.807, 2.05) is 13.0 Å². The number of rotatable bonds is 7. The van der Waals surface area contributed by atoms with Crippen LogP contribution in [0.15, 0.2) is 42.7 Å². The third kappa shape index (κ3) is 5.11. The average Bonchev–Trinajstić information content (AvgIpc) is 3.52. The van der Waals surface area contributed by atoms with Crippen molar-refractivity contribution in [3.05, 3.63) is 75.3 Å². The Kier molecular flexibility index (Phi) is 6.89. The van der Waals surface area contributed by atoms with Gasteiger partial charge in [0, 0.05) is 46.2 Å². The molecule has 0 bridgehead atoms. The van der Waals surface area contributed by atoms with Crippen LogP contribution in [0.3, 0.4) is 0 Å². The van der Waals surface area contributed by atoms with Gasteiger partial charge in [0.2, 0.25) is 5.91 Å². The molecule has 0 saturated carbocycles. The molecule has 13 heteroatoms. The lowest BCUT2D eigenvalue weighted by molar-refractivity contribution is -0.116. The van der Waals surface area contributed by atoms with E-state index in [1.165, 1.54) is 10.7 Å². The fourth-order valence-corrected chi connectivity index (χ4v) is 4.70. The summed E-state index contributed by atoms with van der Waals surface area (Å²) in [6.07, 6.45) is 0.473. The first kappa shape index (κ1) is 25.8. The molecule has 0 radical (unpaired) electrons. The van der Waals surface area contributed by atoms with E-state index >= 15 is 0 Å². The van der Waals surface area contributed by atoms with Crippen LogP contribution in [-0.2, 0) is 24.9 Å². The van der Waals surface area contributed by atoms with E-state index in [4.69, 9.17) is 23.2 Å². The van der Waals surface area contributed by atoms with Crippen molar-refractivity contribution in [2.75, 3.05) is 5.32 Å². The highest BCUT2D eigenvalue weighted by Gasteiger charge is 2.22. The molecule has 4 aromatic heterocycles. The molecule has 0 saturated heterocycles. The van der Waals surface area contributed by atoms with Crippen LogP contribution in [0.25, 0.3) is 22.3 Å². The molecule has 0 atom stereocenters. The maximum absolute atomic E-state index is 14.0. The summed E-state index contributed by atoms with van der Waals surface area (Å²) in [5.41, 5.74) is 2.86. The summed E-state index contributed by atoms with van der Waals surface area (Å²) in [6.45, 7) is 3.61. The number of aromatic nitrogens is 7. The van der Waals surface area contributed by atoms with Gasteiger partial charge in [-0.2, -0.15) is 15.3 Å². The number of amides is 1. The largest absolute Gasteiger partial charge is 0.308 e. The highest BCUT2D eigenvalue weighted by Crippen LogP contribution is 2.33. The number of carbonyl (C=O) groups excluding carboxylic acids is 1. The first-order valence-corrected chi connectivity index (χ1v) is 12.3. The third-order valence-electron chi connectivity index (χ3n) is 6.02. The van der Waals surface area contributed by atoms with E-state index in [2.05, 4.69) is 25.6 Å². The van der Waals surface area contributed by atoms with E-state index in [0.717, 1.165) is 11.3 Å². The zero-order valence-electron chi connectivity index (χ0n) is 20.6. The lowest BCUT2D eigenvalue weighted by Crippen LogP contribution is -2.20. The molecule has 4 heterocycles. The molecule has 0 aliphatic heterocycles. The molecule has 9 nitrogen and oxygen atoms in total. The van der Waals surface area contributed by atoms with E-state index in [0.29, 0.717) is 39.4 Å². The van der Waals surface area contributed by atoms with Gasteiger partial charge in [0.25, 0.3) is 6.43 Å². The second-order valence-electron chi connectivity index (χ2n) is 8.85. The maximum Gasteiger partial charge on any atom is 0.264 e. The number of hydrogen-bond acceptors (Lipinski definition) is 5. The van der Waals surface area contributed by atoms with Crippen LogP contribution in [-0.4, -0.2) is 40.2 Å². The smallest absolute Gasteiger partial charge is 0.264 e. The number of hydrogen-bond donors (Lipinski definition) is 1. The second-order valence-corrected chi connectivity index (χ2v) is 9.70. The number of pyridine rings is 1. The first-order valence-electron chi connectivity index (χ1n) is 11.5. The average molecular weight is 559 g/mol. The van der Waals surface area contributed by atoms with Gasteiger partial charge in [-0.1, -0.05) is 29.3 Å². The Bertz CT molecular complexity index is 1670. The summed E-state index contributed by atoms with van der Waals surface area (Å²) in [5.74, 6) is -0.0983. The molecule has 0 spiro atoms. The summed E-state index contributed by atoms with van der Waals surface area (Å²) in [7, 11) is 1.72. The van der Waals surface area contributed by atoms with E-state index < -0.39 is 12.3 Å². The van der Waals surface area contributed by atoms with Crippen molar-refractivity contribution in [2.24, 2.45) is 7.05 Å². The number of carbonyl (C=O) groups is 1. The van der Waals surface area contributed by atoms with Crippen molar-refractivity contribution < 1.29 is 13.6 Å². The number of benzene rings is 1. The predicted octanol–water partition coefficient (Wildman–Crippen LogP) is 5.58. The summed E-state index contributed by atoms with van der Waals surface area (Å²) in [4.78, 5) is 17.5. The van der Waals surface area contributed by atoms with Crippen LogP contribution < -0.4 is 5.32 Å². The normalized spacial score (nSPS) is 11.6. The molecule has 1 aromatic carbocycles. The fraction of sp³-hybridized carbons (Fsp3) is 0.240. The standard InChI is InChI=1S/C25H22Cl2F2N8O/c1-13-6-21(34-36(13)11-15-4-5-17(26)7-19(15)27)32-22(38)12-37-25-23(14(2)33-37)18(24(28)29)8-20(31-25)16-9-30-35(3)10-16/h4-10,24H,11-12H2,1-3H3,(H,32,34,38). The van der Waals surface area contributed by atoms with Crippen molar-refractivity contribution in [3.63, 3.8) is 0 Å². The van der Waals surface area contributed by atoms with Gasteiger partial charge in [0.05, 0.1) is 29.5 Å². The van der Waals surface area contributed by atoms with Gasteiger partial charge < -0.3 is 5.32 Å². The topological polar surface area (TPSA) is 95.5 Å². The first-order chi connectivity index (χ1) is 18.1. The Morgan fingerprint density at radius 3 is 2.58 bits per heavy atom. The third-order valence-corrected chi connectivity index (χ3v) is 6.61. The fourth-order valence-electron chi connectivity index (χ4n) is 4.23. The van der Waals surface area contributed by atoms with Crippen molar-refractivity contribution in [3.8, 4) is 11.3 Å². The number of aryl methyl sites for hydroxylation is 3. The molecule has 196 valence electrons. The quantitative estimate of drug-likeness (QED) is 0.281. The Morgan fingerprint density at radius 1 is 1.11 bits per heavy atom. The van der Waals surface area contributed by atoms with Gasteiger partial charge in [-0.3, -0.25) is 14.2 Å². The molecule has 1 amide bonds. The Balaban J connectivity index is 1.40. The van der Waals surface area contributed by atoms with E-state index in [9.17, 15) is 13.6 Å².